The summed E-state index contributed by atoms with van der Waals surface area (Å²) in [4.78, 5) is 15.8. The number of aromatic nitrogens is 1. The zero-order valence-electron chi connectivity index (χ0n) is 19.4. The molecular weight excluding hydrogens is 476 g/mol. The van der Waals surface area contributed by atoms with Crippen LogP contribution in [0.3, 0.4) is 0 Å². The second-order valence-electron chi connectivity index (χ2n) is 7.84. The Morgan fingerprint density at radius 3 is 2.00 bits per heavy atom. The first-order valence-corrected chi connectivity index (χ1v) is 12.2. The molecule has 1 aromatic heterocycles. The number of nitriles is 2. The van der Waals surface area contributed by atoms with E-state index in [9.17, 15) is 23.7 Å². The predicted molar refractivity (Wildman–Crippen MR) is 135 cm³/mol. The number of nitrogens with zero attached hydrogens (tertiary/aromatic N) is 3. The second kappa shape index (κ2) is 9.79. The molecule has 4 rings (SSSR count). The zero-order chi connectivity index (χ0) is 25.9. The third-order valence-electron chi connectivity index (χ3n) is 5.57. The van der Waals surface area contributed by atoms with Crippen LogP contribution in [0.4, 0.5) is 0 Å². The van der Waals surface area contributed by atoms with E-state index in [4.69, 9.17) is 4.74 Å². The molecule has 0 atom stereocenters. The molecule has 8 nitrogen and oxygen atoms in total. The number of methoxy groups -OCH3 is 1. The van der Waals surface area contributed by atoms with E-state index in [-0.39, 0.29) is 27.3 Å². The molecule has 0 aliphatic rings. The largest absolute Gasteiger partial charge is 0.497 e. The van der Waals surface area contributed by atoms with Crippen molar-refractivity contribution in [1.82, 2.24) is 4.68 Å². The zero-order valence-corrected chi connectivity index (χ0v) is 20.2. The van der Waals surface area contributed by atoms with Crippen LogP contribution in [0.15, 0.2) is 88.6 Å². The van der Waals surface area contributed by atoms with E-state index >= 15 is 0 Å². The van der Waals surface area contributed by atoms with Gasteiger partial charge in [0.2, 0.25) is 0 Å². The molecule has 9 heteroatoms. The molecule has 36 heavy (non-hydrogen) atoms. The van der Waals surface area contributed by atoms with Crippen LogP contribution in [0.1, 0.15) is 16.7 Å². The maximum atomic E-state index is 13.6. The Balaban J connectivity index is 2.06. The topological polar surface area (TPSA) is 125 Å². The highest BCUT2D eigenvalue weighted by Crippen LogP contribution is 2.33. The minimum atomic E-state index is -4.24. The van der Waals surface area contributed by atoms with Gasteiger partial charge in [0.05, 0.1) is 23.3 Å². The van der Waals surface area contributed by atoms with Crippen molar-refractivity contribution in [2.45, 2.75) is 11.8 Å². The Labute approximate surface area is 208 Å². The fourth-order valence-corrected chi connectivity index (χ4v) is 4.80. The molecule has 0 amide bonds. The van der Waals surface area contributed by atoms with Crippen molar-refractivity contribution in [3.05, 3.63) is 106 Å². The molecule has 178 valence electrons. The van der Waals surface area contributed by atoms with Gasteiger partial charge in [-0.2, -0.15) is 18.9 Å². The fourth-order valence-electron chi connectivity index (χ4n) is 3.78. The van der Waals surface area contributed by atoms with E-state index < -0.39 is 15.6 Å². The van der Waals surface area contributed by atoms with Crippen LogP contribution < -0.4 is 15.1 Å². The summed E-state index contributed by atoms with van der Waals surface area (Å²) in [5.74, 6) is 0.554. The van der Waals surface area contributed by atoms with Crippen molar-refractivity contribution in [3.8, 4) is 40.3 Å². The summed E-state index contributed by atoms with van der Waals surface area (Å²) in [5, 5.41) is 20.2. The standard InChI is InChI=1S/C27H20N4O4S/c1-18-8-14-22(15-9-18)36(33,34)30-31-26(20-6-4-3-5-7-20)23(16-28)25(24(17-29)27(31)32)19-10-12-21(35-2)13-11-19/h3-15,30H,1-2H3. The van der Waals surface area contributed by atoms with Gasteiger partial charge in [-0.15, -0.1) is 0 Å². The van der Waals surface area contributed by atoms with Crippen LogP contribution in [-0.4, -0.2) is 20.2 Å². The van der Waals surface area contributed by atoms with Crippen molar-refractivity contribution >= 4 is 10.0 Å². The Bertz CT molecular complexity index is 1680. The van der Waals surface area contributed by atoms with Crippen LogP contribution in [0.2, 0.25) is 0 Å². The second-order valence-corrected chi connectivity index (χ2v) is 9.50. The van der Waals surface area contributed by atoms with Gasteiger partial charge in [-0.05, 0) is 36.8 Å². The Morgan fingerprint density at radius 2 is 1.44 bits per heavy atom. The average Bonchev–Trinajstić information content (AvgIpc) is 2.90. The van der Waals surface area contributed by atoms with Gasteiger partial charge in [0, 0.05) is 11.1 Å². The first-order chi connectivity index (χ1) is 17.3. The number of aryl methyl sites for hydroxylation is 1. The number of nitrogens with one attached hydrogen (secondary N) is 1. The lowest BCUT2D eigenvalue weighted by molar-refractivity contribution is 0.415. The van der Waals surface area contributed by atoms with Crippen LogP contribution in [0.25, 0.3) is 22.4 Å². The molecule has 0 radical (unpaired) electrons. The molecule has 4 aromatic rings. The molecular formula is C27H20N4O4S. The van der Waals surface area contributed by atoms with E-state index in [1.54, 1.807) is 66.7 Å². The quantitative estimate of drug-likeness (QED) is 0.427. The molecule has 0 spiro atoms. The molecule has 0 saturated carbocycles. The van der Waals surface area contributed by atoms with Crippen LogP contribution >= 0.6 is 0 Å². The summed E-state index contributed by atoms with van der Waals surface area (Å²) in [7, 11) is -2.74. The number of hydrogen-bond acceptors (Lipinski definition) is 6. The van der Waals surface area contributed by atoms with Crippen LogP contribution in [0, 0.1) is 29.6 Å². The van der Waals surface area contributed by atoms with Gasteiger partial charge in [0.25, 0.3) is 15.6 Å². The minimum absolute atomic E-state index is 0.0172. The summed E-state index contributed by atoms with van der Waals surface area (Å²) in [6.07, 6.45) is 0. The van der Waals surface area contributed by atoms with Gasteiger partial charge < -0.3 is 4.74 Å². The van der Waals surface area contributed by atoms with Gasteiger partial charge in [0.15, 0.2) is 0 Å². The number of pyridine rings is 1. The van der Waals surface area contributed by atoms with Crippen LogP contribution in [-0.2, 0) is 10.0 Å². The van der Waals surface area contributed by atoms with Gasteiger partial charge in [-0.25, -0.2) is 9.51 Å². The molecule has 0 fully saturated rings. The molecule has 0 saturated heterocycles. The van der Waals surface area contributed by atoms with Crippen molar-refractivity contribution in [2.24, 2.45) is 0 Å². The molecule has 1 heterocycles. The normalized spacial score (nSPS) is 10.8. The molecule has 0 unspecified atom stereocenters. The molecule has 1 N–H and O–H groups in total. The van der Waals surface area contributed by atoms with Crippen molar-refractivity contribution in [3.63, 3.8) is 0 Å². The van der Waals surface area contributed by atoms with Crippen molar-refractivity contribution < 1.29 is 13.2 Å². The smallest absolute Gasteiger partial charge is 0.288 e. The Hall–Kier alpha value is -4.86. The first-order valence-electron chi connectivity index (χ1n) is 10.7. The Kier molecular flexibility index (Phi) is 6.60. The molecule has 0 aliphatic heterocycles. The number of benzene rings is 3. The highest BCUT2D eigenvalue weighted by atomic mass is 32.2. The molecule has 0 aliphatic carbocycles. The van der Waals surface area contributed by atoms with E-state index in [2.05, 4.69) is 10.9 Å². The van der Waals surface area contributed by atoms with Gasteiger partial charge in [0.1, 0.15) is 23.5 Å². The SMILES string of the molecule is COc1ccc(-c2c(C#N)c(-c3ccccc3)n(NS(=O)(=O)c3ccc(C)cc3)c(=O)c2C#N)cc1. The summed E-state index contributed by atoms with van der Waals surface area (Å²) >= 11 is 0. The van der Waals surface area contributed by atoms with Gasteiger partial charge in [-0.1, -0.05) is 60.2 Å². The van der Waals surface area contributed by atoms with Crippen molar-refractivity contribution in [1.29, 1.82) is 10.5 Å². The first kappa shape index (κ1) is 24.3. The monoisotopic (exact) mass is 496 g/mol. The number of sulfonamides is 1. The van der Waals surface area contributed by atoms with E-state index in [1.807, 2.05) is 13.0 Å². The van der Waals surface area contributed by atoms with Crippen LogP contribution in [0.5, 0.6) is 5.75 Å². The predicted octanol–water partition coefficient (Wildman–Crippen LogP) is 4.18. The average molecular weight is 497 g/mol. The van der Waals surface area contributed by atoms with Gasteiger partial charge in [-0.3, -0.25) is 4.79 Å². The lowest BCUT2D eigenvalue weighted by Crippen LogP contribution is -2.36. The third kappa shape index (κ3) is 4.43. The summed E-state index contributed by atoms with van der Waals surface area (Å²) in [6.45, 7) is 1.82. The lowest BCUT2D eigenvalue weighted by atomic mass is 9.93. The number of ether oxygens (including phenoxy) is 1. The lowest BCUT2D eigenvalue weighted by Gasteiger charge is -2.20. The maximum absolute atomic E-state index is 13.6. The van der Waals surface area contributed by atoms with E-state index in [1.165, 1.54) is 19.2 Å². The third-order valence-corrected chi connectivity index (χ3v) is 6.89. The fraction of sp³-hybridized carbons (Fsp3) is 0.0741. The summed E-state index contributed by atoms with van der Waals surface area (Å²) in [6, 6.07) is 25.0. The maximum Gasteiger partial charge on any atom is 0.288 e. The summed E-state index contributed by atoms with van der Waals surface area (Å²) < 4.78 is 32.4. The van der Waals surface area contributed by atoms with E-state index in [0.29, 0.717) is 16.9 Å². The Morgan fingerprint density at radius 1 is 0.833 bits per heavy atom. The number of rotatable bonds is 6. The summed E-state index contributed by atoms with van der Waals surface area (Å²) in [5.41, 5.74) is 0.525. The molecule has 0 bridgehead atoms. The minimum Gasteiger partial charge on any atom is -0.497 e. The highest BCUT2D eigenvalue weighted by Gasteiger charge is 2.27. The number of hydrogen-bond donors (Lipinski definition) is 1. The van der Waals surface area contributed by atoms with Gasteiger partial charge >= 0.3 is 0 Å². The highest BCUT2D eigenvalue weighted by molar-refractivity contribution is 7.92. The van der Waals surface area contributed by atoms with Crippen molar-refractivity contribution in [2.75, 3.05) is 11.9 Å². The molecule has 3 aromatic carbocycles. The van der Waals surface area contributed by atoms with E-state index in [0.717, 1.165) is 10.2 Å².